The maximum atomic E-state index is 11.3. The van der Waals surface area contributed by atoms with Gasteiger partial charge in [-0.3, -0.25) is 9.59 Å². The molecule has 1 rings (SSSR count). The van der Waals surface area contributed by atoms with E-state index in [1.54, 1.807) is 0 Å². The number of alkyl halides is 2. The summed E-state index contributed by atoms with van der Waals surface area (Å²) in [5.74, 6) is -1.48. The fourth-order valence-electron chi connectivity index (χ4n) is 1.48. The van der Waals surface area contributed by atoms with Crippen LogP contribution in [0, 0.1) is 5.92 Å². The van der Waals surface area contributed by atoms with E-state index in [0.29, 0.717) is 25.9 Å². The molecule has 0 saturated carbocycles. The van der Waals surface area contributed by atoms with E-state index in [1.807, 2.05) is 0 Å². The number of hydrogen-bond acceptors (Lipinski definition) is 2. The summed E-state index contributed by atoms with van der Waals surface area (Å²) in [5.41, 5.74) is 0. The van der Waals surface area contributed by atoms with Crippen LogP contribution in [0.4, 0.5) is 0 Å². The Bertz CT molecular complexity index is 237. The van der Waals surface area contributed by atoms with E-state index < -0.39 is 10.8 Å². The lowest BCUT2D eigenvalue weighted by molar-refractivity contribution is -0.145. The Morgan fingerprint density at radius 1 is 1.29 bits per heavy atom. The summed E-state index contributed by atoms with van der Waals surface area (Å²) >= 11 is 10.8. The van der Waals surface area contributed by atoms with Crippen molar-refractivity contribution in [3.05, 3.63) is 0 Å². The first-order chi connectivity index (χ1) is 6.52. The molecular weight excluding hydrogens is 229 g/mol. The molecule has 1 fully saturated rings. The molecule has 80 valence electrons. The van der Waals surface area contributed by atoms with Crippen molar-refractivity contribution in [1.29, 1.82) is 0 Å². The number of carbonyl (C=O) groups excluding carboxylic acids is 1. The van der Waals surface area contributed by atoms with Crippen molar-refractivity contribution in [1.82, 2.24) is 4.90 Å². The molecule has 0 unspecified atom stereocenters. The summed E-state index contributed by atoms with van der Waals surface area (Å²) in [6.07, 6.45) is 0.948. The Balaban J connectivity index is 2.43. The normalized spacial score (nSPS) is 18.6. The Morgan fingerprint density at radius 3 is 2.14 bits per heavy atom. The van der Waals surface area contributed by atoms with Crippen LogP contribution in [0.15, 0.2) is 0 Å². The molecule has 1 aliphatic heterocycles. The van der Waals surface area contributed by atoms with E-state index in [1.165, 1.54) is 4.90 Å². The molecule has 0 aromatic rings. The van der Waals surface area contributed by atoms with Crippen molar-refractivity contribution in [3.8, 4) is 0 Å². The summed E-state index contributed by atoms with van der Waals surface area (Å²) in [5, 5.41) is 8.72. The van der Waals surface area contributed by atoms with Crippen LogP contribution in [-0.4, -0.2) is 39.8 Å². The first-order valence-corrected chi connectivity index (χ1v) is 5.19. The van der Waals surface area contributed by atoms with Crippen LogP contribution in [0.3, 0.4) is 0 Å². The standard InChI is InChI=1S/C8H11Cl2NO3/c9-6(10)7(12)11-3-1-5(2-4-11)8(13)14/h5-6H,1-4H2,(H,13,14). The number of hydrogen-bond donors (Lipinski definition) is 1. The number of amides is 1. The zero-order valence-corrected chi connectivity index (χ0v) is 8.96. The highest BCUT2D eigenvalue weighted by molar-refractivity contribution is 6.53. The van der Waals surface area contributed by atoms with Crippen LogP contribution >= 0.6 is 23.2 Å². The summed E-state index contributed by atoms with van der Waals surface area (Å²) in [4.78, 5) is 22.4. The topological polar surface area (TPSA) is 57.6 Å². The average Bonchev–Trinajstić information content (AvgIpc) is 2.16. The monoisotopic (exact) mass is 239 g/mol. The average molecular weight is 240 g/mol. The molecule has 0 aliphatic carbocycles. The van der Waals surface area contributed by atoms with Gasteiger partial charge in [0.2, 0.25) is 0 Å². The van der Waals surface area contributed by atoms with Crippen molar-refractivity contribution in [2.24, 2.45) is 5.92 Å². The second-order valence-corrected chi connectivity index (χ2v) is 4.33. The minimum atomic E-state index is -1.05. The number of likely N-dealkylation sites (tertiary alicyclic amines) is 1. The van der Waals surface area contributed by atoms with Crippen LogP contribution in [0.1, 0.15) is 12.8 Å². The number of carboxylic acids is 1. The lowest BCUT2D eigenvalue weighted by Crippen LogP contribution is -2.42. The zero-order valence-electron chi connectivity index (χ0n) is 7.45. The molecule has 4 nitrogen and oxygen atoms in total. The Morgan fingerprint density at radius 2 is 1.79 bits per heavy atom. The molecule has 0 aromatic heterocycles. The van der Waals surface area contributed by atoms with E-state index in [0.717, 1.165) is 0 Å². The zero-order chi connectivity index (χ0) is 10.7. The minimum Gasteiger partial charge on any atom is -0.481 e. The van der Waals surface area contributed by atoms with Gasteiger partial charge >= 0.3 is 5.97 Å². The van der Waals surface area contributed by atoms with Gasteiger partial charge in [0.15, 0.2) is 4.84 Å². The van der Waals surface area contributed by atoms with Gasteiger partial charge in [-0.15, -0.1) is 0 Å². The summed E-state index contributed by atoms with van der Waals surface area (Å²) in [6, 6.07) is 0. The molecule has 1 saturated heterocycles. The van der Waals surface area contributed by atoms with Gasteiger partial charge in [-0.1, -0.05) is 23.2 Å². The SMILES string of the molecule is O=C(O)C1CCN(C(=O)C(Cl)Cl)CC1. The Kier molecular flexibility index (Phi) is 4.01. The van der Waals surface area contributed by atoms with Crippen LogP contribution in [0.5, 0.6) is 0 Å². The second-order valence-electron chi connectivity index (χ2n) is 3.24. The highest BCUT2D eigenvalue weighted by Crippen LogP contribution is 2.19. The summed E-state index contributed by atoms with van der Waals surface area (Å²) in [7, 11) is 0. The third-order valence-electron chi connectivity index (χ3n) is 2.34. The predicted molar refractivity (Wildman–Crippen MR) is 52.4 cm³/mol. The number of halogens is 2. The summed E-state index contributed by atoms with van der Waals surface area (Å²) in [6.45, 7) is 0.845. The molecule has 1 aliphatic rings. The number of carbonyl (C=O) groups is 2. The largest absolute Gasteiger partial charge is 0.481 e. The number of carboxylic acid groups (broad SMARTS) is 1. The highest BCUT2D eigenvalue weighted by Gasteiger charge is 2.28. The molecule has 14 heavy (non-hydrogen) atoms. The predicted octanol–water partition coefficient (Wildman–Crippen LogP) is 1.11. The molecule has 1 heterocycles. The smallest absolute Gasteiger partial charge is 0.306 e. The molecule has 6 heteroatoms. The van der Waals surface area contributed by atoms with Crippen LogP contribution in [-0.2, 0) is 9.59 Å². The van der Waals surface area contributed by atoms with Crippen molar-refractivity contribution >= 4 is 35.1 Å². The third-order valence-corrected chi connectivity index (χ3v) is 2.72. The van der Waals surface area contributed by atoms with E-state index >= 15 is 0 Å². The first-order valence-electron chi connectivity index (χ1n) is 4.32. The second kappa shape index (κ2) is 4.84. The van der Waals surface area contributed by atoms with Crippen LogP contribution in [0.2, 0.25) is 0 Å². The maximum absolute atomic E-state index is 11.3. The van der Waals surface area contributed by atoms with E-state index in [2.05, 4.69) is 0 Å². The van der Waals surface area contributed by atoms with Crippen LogP contribution < -0.4 is 0 Å². The van der Waals surface area contributed by atoms with E-state index in [-0.39, 0.29) is 11.8 Å². The molecule has 1 amide bonds. The molecular formula is C8H11Cl2NO3. The van der Waals surface area contributed by atoms with Gasteiger partial charge in [0.05, 0.1) is 5.92 Å². The van der Waals surface area contributed by atoms with Gasteiger partial charge in [0.25, 0.3) is 5.91 Å². The molecule has 1 N–H and O–H groups in total. The van der Waals surface area contributed by atoms with Gasteiger partial charge in [0.1, 0.15) is 0 Å². The maximum Gasteiger partial charge on any atom is 0.306 e. The van der Waals surface area contributed by atoms with Crippen molar-refractivity contribution < 1.29 is 14.7 Å². The number of nitrogens with zero attached hydrogens (tertiary/aromatic N) is 1. The highest BCUT2D eigenvalue weighted by atomic mass is 35.5. The Hall–Kier alpha value is -0.480. The number of aliphatic carboxylic acids is 1. The van der Waals surface area contributed by atoms with Crippen molar-refractivity contribution in [2.45, 2.75) is 17.7 Å². The lowest BCUT2D eigenvalue weighted by Gasteiger charge is -2.30. The third kappa shape index (κ3) is 2.75. The van der Waals surface area contributed by atoms with E-state index in [9.17, 15) is 9.59 Å². The molecule has 0 aromatic carbocycles. The lowest BCUT2D eigenvalue weighted by atomic mass is 9.97. The fraction of sp³-hybridized carbons (Fsp3) is 0.750. The fourth-order valence-corrected chi connectivity index (χ4v) is 1.76. The van der Waals surface area contributed by atoms with Gasteiger partial charge in [0, 0.05) is 13.1 Å². The van der Waals surface area contributed by atoms with Crippen LogP contribution in [0.25, 0.3) is 0 Å². The van der Waals surface area contributed by atoms with Crippen molar-refractivity contribution in [2.75, 3.05) is 13.1 Å². The van der Waals surface area contributed by atoms with Crippen molar-refractivity contribution in [3.63, 3.8) is 0 Å². The quantitative estimate of drug-likeness (QED) is 0.735. The summed E-state index contributed by atoms with van der Waals surface area (Å²) < 4.78 is 0. The number of piperidine rings is 1. The van der Waals surface area contributed by atoms with E-state index in [4.69, 9.17) is 28.3 Å². The minimum absolute atomic E-state index is 0.336. The van der Waals surface area contributed by atoms with Gasteiger partial charge < -0.3 is 10.0 Å². The number of rotatable bonds is 2. The van der Waals surface area contributed by atoms with Gasteiger partial charge in [-0.25, -0.2) is 0 Å². The van der Waals surface area contributed by atoms with Gasteiger partial charge in [-0.05, 0) is 12.8 Å². The molecule has 0 radical (unpaired) electrons. The molecule has 0 bridgehead atoms. The first kappa shape index (κ1) is 11.6. The van der Waals surface area contributed by atoms with Gasteiger partial charge in [-0.2, -0.15) is 0 Å². The molecule has 0 spiro atoms. The molecule has 0 atom stereocenters. The Labute approximate surface area is 91.8 Å².